The highest BCUT2D eigenvalue weighted by Gasteiger charge is 2.26. The van der Waals surface area contributed by atoms with Crippen LogP contribution in [-0.4, -0.2) is 36.6 Å². The Morgan fingerprint density at radius 1 is 1.33 bits per heavy atom. The van der Waals surface area contributed by atoms with E-state index in [0.29, 0.717) is 6.04 Å². The van der Waals surface area contributed by atoms with Crippen molar-refractivity contribution in [2.75, 3.05) is 20.1 Å². The molecule has 0 saturated heterocycles. The summed E-state index contributed by atoms with van der Waals surface area (Å²) in [6.45, 7) is 10.6. The highest BCUT2D eigenvalue weighted by Crippen LogP contribution is 2.17. The van der Waals surface area contributed by atoms with Crippen LogP contribution >= 0.6 is 0 Å². The van der Waals surface area contributed by atoms with E-state index in [4.69, 9.17) is 0 Å². The summed E-state index contributed by atoms with van der Waals surface area (Å²) in [5.74, 6) is 0. The van der Waals surface area contributed by atoms with Gasteiger partial charge in [0.25, 0.3) is 0 Å². The summed E-state index contributed by atoms with van der Waals surface area (Å²) in [5.41, 5.74) is -0.316. The van der Waals surface area contributed by atoms with Crippen molar-refractivity contribution in [1.82, 2.24) is 10.2 Å². The molecule has 0 amide bonds. The van der Waals surface area contributed by atoms with Crippen LogP contribution in [0, 0.1) is 11.3 Å². The molecule has 3 heteroatoms. The van der Waals surface area contributed by atoms with Crippen molar-refractivity contribution in [3.8, 4) is 6.07 Å². The molecule has 0 aliphatic heterocycles. The standard InChI is InChI=1S/C15H31N3/c1-6-10-14(4)18(5)12-9-11-15(7-2,13-16)17-8-3/h14,17H,6-12H2,1-5H3. The van der Waals surface area contributed by atoms with E-state index in [9.17, 15) is 5.26 Å². The van der Waals surface area contributed by atoms with Gasteiger partial charge in [0.2, 0.25) is 0 Å². The number of nitrogens with one attached hydrogen (secondary N) is 1. The first kappa shape index (κ1) is 17.4. The Balaban J connectivity index is 4.11. The molecule has 0 rings (SSSR count). The van der Waals surface area contributed by atoms with E-state index in [0.717, 1.165) is 32.4 Å². The summed E-state index contributed by atoms with van der Waals surface area (Å²) in [4.78, 5) is 2.41. The first-order valence-electron chi connectivity index (χ1n) is 7.41. The van der Waals surface area contributed by atoms with Crippen LogP contribution in [0.3, 0.4) is 0 Å². The van der Waals surface area contributed by atoms with Gasteiger partial charge in [0.15, 0.2) is 0 Å². The summed E-state index contributed by atoms with van der Waals surface area (Å²) >= 11 is 0. The molecule has 3 nitrogen and oxygen atoms in total. The van der Waals surface area contributed by atoms with Crippen molar-refractivity contribution in [1.29, 1.82) is 5.26 Å². The van der Waals surface area contributed by atoms with Gasteiger partial charge >= 0.3 is 0 Å². The summed E-state index contributed by atoms with van der Waals surface area (Å²) < 4.78 is 0. The van der Waals surface area contributed by atoms with Gasteiger partial charge in [-0.2, -0.15) is 5.26 Å². The zero-order valence-electron chi connectivity index (χ0n) is 12.9. The lowest BCUT2D eigenvalue weighted by Crippen LogP contribution is -2.44. The Hall–Kier alpha value is -0.590. The smallest absolute Gasteiger partial charge is 0.106 e. The molecule has 0 heterocycles. The van der Waals surface area contributed by atoms with Crippen LogP contribution in [0.5, 0.6) is 0 Å². The predicted molar refractivity (Wildman–Crippen MR) is 78.5 cm³/mol. The van der Waals surface area contributed by atoms with Crippen LogP contribution in [0.15, 0.2) is 0 Å². The summed E-state index contributed by atoms with van der Waals surface area (Å²) in [6.07, 6.45) is 5.39. The van der Waals surface area contributed by atoms with Crippen molar-refractivity contribution in [2.45, 2.75) is 71.4 Å². The zero-order chi connectivity index (χ0) is 14.0. The molecule has 0 bridgehead atoms. The van der Waals surface area contributed by atoms with E-state index in [1.807, 2.05) is 0 Å². The normalized spacial score (nSPS) is 16.3. The fourth-order valence-corrected chi connectivity index (χ4v) is 2.39. The first-order valence-corrected chi connectivity index (χ1v) is 7.41. The molecule has 0 aliphatic rings. The van der Waals surface area contributed by atoms with Crippen LogP contribution in [0.4, 0.5) is 0 Å². The molecule has 0 aromatic carbocycles. The number of rotatable bonds is 10. The van der Waals surface area contributed by atoms with Crippen molar-refractivity contribution < 1.29 is 0 Å². The van der Waals surface area contributed by atoms with E-state index in [1.165, 1.54) is 12.8 Å². The molecule has 2 unspecified atom stereocenters. The fourth-order valence-electron chi connectivity index (χ4n) is 2.39. The topological polar surface area (TPSA) is 39.1 Å². The van der Waals surface area contributed by atoms with Crippen molar-refractivity contribution in [3.63, 3.8) is 0 Å². The van der Waals surface area contributed by atoms with Gasteiger partial charge in [-0.25, -0.2) is 0 Å². The molecule has 106 valence electrons. The molecule has 18 heavy (non-hydrogen) atoms. The van der Waals surface area contributed by atoms with Gasteiger partial charge in [-0.1, -0.05) is 27.2 Å². The van der Waals surface area contributed by atoms with E-state index < -0.39 is 0 Å². The van der Waals surface area contributed by atoms with Crippen LogP contribution < -0.4 is 5.32 Å². The van der Waals surface area contributed by atoms with E-state index in [-0.39, 0.29) is 5.54 Å². The van der Waals surface area contributed by atoms with Gasteiger partial charge in [0.1, 0.15) is 5.54 Å². The zero-order valence-corrected chi connectivity index (χ0v) is 12.9. The average Bonchev–Trinajstić information content (AvgIpc) is 2.37. The van der Waals surface area contributed by atoms with E-state index >= 15 is 0 Å². The summed E-state index contributed by atoms with van der Waals surface area (Å²) in [6, 6.07) is 3.11. The SMILES string of the molecule is CCCC(C)N(C)CCCC(C#N)(CC)NCC. The average molecular weight is 253 g/mol. The maximum absolute atomic E-state index is 9.34. The minimum absolute atomic E-state index is 0.316. The quantitative estimate of drug-likeness (QED) is 0.650. The predicted octanol–water partition coefficient (Wildman–Crippen LogP) is 3.17. The lowest BCUT2D eigenvalue weighted by atomic mass is 9.91. The molecule has 0 aromatic heterocycles. The van der Waals surface area contributed by atoms with Gasteiger partial charge < -0.3 is 4.90 Å². The lowest BCUT2D eigenvalue weighted by Gasteiger charge is -2.29. The van der Waals surface area contributed by atoms with Gasteiger partial charge in [-0.3, -0.25) is 5.32 Å². The monoisotopic (exact) mass is 253 g/mol. The van der Waals surface area contributed by atoms with Crippen LogP contribution in [-0.2, 0) is 0 Å². The lowest BCUT2D eigenvalue weighted by molar-refractivity contribution is 0.230. The van der Waals surface area contributed by atoms with Crippen LogP contribution in [0.2, 0.25) is 0 Å². The van der Waals surface area contributed by atoms with Gasteiger partial charge in [-0.05, 0) is 52.7 Å². The Labute approximate surface area is 114 Å². The second-order valence-electron chi connectivity index (χ2n) is 5.30. The molecule has 0 saturated carbocycles. The molecule has 0 aromatic rings. The fraction of sp³-hybridized carbons (Fsp3) is 0.933. The second-order valence-corrected chi connectivity index (χ2v) is 5.30. The molecule has 2 atom stereocenters. The molecule has 0 aliphatic carbocycles. The van der Waals surface area contributed by atoms with Gasteiger partial charge in [0.05, 0.1) is 6.07 Å². The first-order chi connectivity index (χ1) is 8.55. The van der Waals surface area contributed by atoms with Crippen LogP contribution in [0.1, 0.15) is 59.8 Å². The molecular weight excluding hydrogens is 222 g/mol. The highest BCUT2D eigenvalue weighted by molar-refractivity contribution is 5.05. The van der Waals surface area contributed by atoms with Gasteiger partial charge in [0, 0.05) is 6.04 Å². The van der Waals surface area contributed by atoms with Crippen molar-refractivity contribution >= 4 is 0 Å². The van der Waals surface area contributed by atoms with E-state index in [1.54, 1.807) is 0 Å². The molecule has 1 N–H and O–H groups in total. The minimum Gasteiger partial charge on any atom is -0.304 e. The Kier molecular flexibility index (Phi) is 9.05. The third-order valence-electron chi connectivity index (χ3n) is 3.91. The molecular formula is C15H31N3. The minimum atomic E-state index is -0.316. The van der Waals surface area contributed by atoms with E-state index in [2.05, 4.69) is 51.0 Å². The number of nitriles is 1. The molecule has 0 spiro atoms. The number of hydrogen-bond donors (Lipinski definition) is 1. The number of nitrogens with zero attached hydrogens (tertiary/aromatic N) is 2. The Bertz CT molecular complexity index is 247. The molecule has 0 fully saturated rings. The largest absolute Gasteiger partial charge is 0.304 e. The number of hydrogen-bond acceptors (Lipinski definition) is 3. The Morgan fingerprint density at radius 3 is 2.44 bits per heavy atom. The van der Waals surface area contributed by atoms with Gasteiger partial charge in [-0.15, -0.1) is 0 Å². The highest BCUT2D eigenvalue weighted by atomic mass is 15.1. The van der Waals surface area contributed by atoms with Crippen LogP contribution in [0.25, 0.3) is 0 Å². The van der Waals surface area contributed by atoms with Crippen molar-refractivity contribution in [2.24, 2.45) is 0 Å². The third kappa shape index (κ3) is 5.84. The summed E-state index contributed by atoms with van der Waals surface area (Å²) in [5, 5.41) is 12.7. The third-order valence-corrected chi connectivity index (χ3v) is 3.91. The van der Waals surface area contributed by atoms with Crippen molar-refractivity contribution in [3.05, 3.63) is 0 Å². The second kappa shape index (κ2) is 9.35. The molecule has 0 radical (unpaired) electrons. The maximum atomic E-state index is 9.34. The maximum Gasteiger partial charge on any atom is 0.106 e. The Morgan fingerprint density at radius 2 is 2.00 bits per heavy atom. The summed E-state index contributed by atoms with van der Waals surface area (Å²) in [7, 11) is 2.19.